The molecule has 1 aliphatic heterocycles. The summed E-state index contributed by atoms with van der Waals surface area (Å²) in [5, 5.41) is 7.30. The van der Waals surface area contributed by atoms with Gasteiger partial charge in [0.2, 0.25) is 0 Å². The number of H-pyrrole nitrogens is 1. The van der Waals surface area contributed by atoms with Crippen molar-refractivity contribution in [2.24, 2.45) is 10.7 Å². The maximum atomic E-state index is 5.96. The largest absolute Gasteiger partial charge is 0.370 e. The molecule has 5 nitrogen and oxygen atoms in total. The first kappa shape index (κ1) is 9.69. The van der Waals surface area contributed by atoms with E-state index in [-0.39, 0.29) is 0 Å². The maximum absolute atomic E-state index is 5.96. The highest BCUT2D eigenvalue weighted by Gasteiger charge is 2.40. The molecule has 1 saturated carbocycles. The fourth-order valence-electron chi connectivity index (χ4n) is 2.58. The number of nitrogens with two attached hydrogens (primary N) is 1. The Bertz CT molecular complexity index is 424. The van der Waals surface area contributed by atoms with E-state index in [0.29, 0.717) is 18.0 Å². The van der Waals surface area contributed by atoms with Crippen LogP contribution in [0.3, 0.4) is 0 Å². The minimum atomic E-state index is 0.297. The van der Waals surface area contributed by atoms with Gasteiger partial charge in [0.15, 0.2) is 5.96 Å². The third-order valence-electron chi connectivity index (χ3n) is 3.49. The highest BCUT2D eigenvalue weighted by atomic mass is 15.4. The molecule has 0 saturated heterocycles. The molecule has 5 heteroatoms. The van der Waals surface area contributed by atoms with Gasteiger partial charge in [-0.2, -0.15) is 5.10 Å². The van der Waals surface area contributed by atoms with Crippen LogP contribution >= 0.6 is 0 Å². The van der Waals surface area contributed by atoms with Gasteiger partial charge < -0.3 is 10.6 Å². The third kappa shape index (κ3) is 1.31. The molecule has 1 fully saturated rings. The van der Waals surface area contributed by atoms with Gasteiger partial charge in [0.1, 0.15) is 0 Å². The van der Waals surface area contributed by atoms with E-state index in [1.54, 1.807) is 0 Å². The Morgan fingerprint density at radius 3 is 2.69 bits per heavy atom. The highest BCUT2D eigenvalue weighted by Crippen LogP contribution is 2.38. The van der Waals surface area contributed by atoms with Crippen molar-refractivity contribution < 1.29 is 0 Å². The lowest BCUT2D eigenvalue weighted by Gasteiger charge is -2.26. The van der Waals surface area contributed by atoms with Crippen LogP contribution in [0.5, 0.6) is 0 Å². The predicted molar refractivity (Wildman–Crippen MR) is 62.2 cm³/mol. The smallest absolute Gasteiger partial charge is 0.192 e. The molecular formula is C11H17N5. The summed E-state index contributed by atoms with van der Waals surface area (Å²) in [6.07, 6.45) is 2.48. The highest BCUT2D eigenvalue weighted by molar-refractivity contribution is 5.81. The van der Waals surface area contributed by atoms with Crippen molar-refractivity contribution in [2.45, 2.75) is 38.8 Å². The van der Waals surface area contributed by atoms with Crippen molar-refractivity contribution >= 4 is 5.96 Å². The van der Waals surface area contributed by atoms with E-state index < -0.39 is 0 Å². The first-order valence-electron chi connectivity index (χ1n) is 5.78. The number of aromatic nitrogens is 2. The minimum absolute atomic E-state index is 0.297. The number of nitrogens with one attached hydrogen (secondary N) is 1. The van der Waals surface area contributed by atoms with E-state index in [9.17, 15) is 0 Å². The number of nitrogens with zero attached hydrogens (tertiary/aromatic N) is 3. The van der Waals surface area contributed by atoms with Crippen LogP contribution in [0, 0.1) is 13.8 Å². The quantitative estimate of drug-likeness (QED) is 0.775. The van der Waals surface area contributed by atoms with Crippen molar-refractivity contribution in [3.8, 4) is 0 Å². The van der Waals surface area contributed by atoms with Gasteiger partial charge in [-0.25, -0.2) is 0 Å². The molecule has 0 spiro atoms. The molecule has 1 unspecified atom stereocenters. The van der Waals surface area contributed by atoms with Crippen LogP contribution in [-0.4, -0.2) is 33.6 Å². The summed E-state index contributed by atoms with van der Waals surface area (Å²) >= 11 is 0. The van der Waals surface area contributed by atoms with Crippen molar-refractivity contribution in [2.75, 3.05) is 6.54 Å². The van der Waals surface area contributed by atoms with Crippen molar-refractivity contribution in [3.05, 3.63) is 17.0 Å². The molecule has 1 aromatic rings. The summed E-state index contributed by atoms with van der Waals surface area (Å²) < 4.78 is 0. The normalized spacial score (nSPS) is 25.0. The number of aromatic amines is 1. The van der Waals surface area contributed by atoms with Crippen molar-refractivity contribution in [1.82, 2.24) is 15.1 Å². The summed E-state index contributed by atoms with van der Waals surface area (Å²) in [5.74, 6) is 0.701. The zero-order valence-corrected chi connectivity index (χ0v) is 9.70. The molecule has 1 aromatic heterocycles. The molecule has 2 aliphatic rings. The lowest BCUT2D eigenvalue weighted by molar-refractivity contribution is 0.336. The van der Waals surface area contributed by atoms with Crippen LogP contribution < -0.4 is 5.73 Å². The van der Waals surface area contributed by atoms with Gasteiger partial charge in [0.05, 0.1) is 18.3 Å². The van der Waals surface area contributed by atoms with Gasteiger partial charge in [0.25, 0.3) is 0 Å². The molecule has 0 aromatic carbocycles. The molecule has 3 N–H and O–H groups in total. The Hall–Kier alpha value is -1.52. The molecule has 1 atom stereocenters. The zero-order valence-electron chi connectivity index (χ0n) is 9.70. The van der Waals surface area contributed by atoms with E-state index in [4.69, 9.17) is 5.73 Å². The van der Waals surface area contributed by atoms with Crippen LogP contribution in [0.25, 0.3) is 0 Å². The second-order valence-corrected chi connectivity index (χ2v) is 4.70. The molecular weight excluding hydrogens is 202 g/mol. The monoisotopic (exact) mass is 219 g/mol. The Morgan fingerprint density at radius 2 is 2.12 bits per heavy atom. The summed E-state index contributed by atoms with van der Waals surface area (Å²) in [6.45, 7) is 4.87. The number of hydrogen-bond donors (Lipinski definition) is 2. The molecule has 16 heavy (non-hydrogen) atoms. The molecule has 86 valence electrons. The van der Waals surface area contributed by atoms with Crippen molar-refractivity contribution in [3.63, 3.8) is 0 Å². The summed E-state index contributed by atoms with van der Waals surface area (Å²) in [6, 6.07) is 0.899. The Kier molecular flexibility index (Phi) is 1.96. The number of rotatable bonds is 2. The average molecular weight is 219 g/mol. The molecule has 2 heterocycles. The maximum Gasteiger partial charge on any atom is 0.192 e. The van der Waals surface area contributed by atoms with Crippen LogP contribution in [0.2, 0.25) is 0 Å². The summed E-state index contributed by atoms with van der Waals surface area (Å²) in [4.78, 5) is 6.65. The van der Waals surface area contributed by atoms with Gasteiger partial charge in [-0.15, -0.1) is 0 Å². The number of hydrogen-bond acceptors (Lipinski definition) is 4. The van der Waals surface area contributed by atoms with E-state index in [1.165, 1.54) is 18.4 Å². The average Bonchev–Trinajstić information content (AvgIpc) is 2.94. The first-order chi connectivity index (χ1) is 7.68. The third-order valence-corrected chi connectivity index (χ3v) is 3.49. The fraction of sp³-hybridized carbons (Fsp3) is 0.636. The van der Waals surface area contributed by atoms with E-state index >= 15 is 0 Å². The molecule has 0 bridgehead atoms. The van der Waals surface area contributed by atoms with E-state index in [2.05, 4.69) is 27.0 Å². The van der Waals surface area contributed by atoms with Gasteiger partial charge in [-0.1, -0.05) is 0 Å². The van der Waals surface area contributed by atoms with Gasteiger partial charge >= 0.3 is 0 Å². The molecule has 0 amide bonds. The predicted octanol–water partition coefficient (Wildman–Crippen LogP) is 0.860. The van der Waals surface area contributed by atoms with Gasteiger partial charge in [-0.3, -0.25) is 10.1 Å². The Balaban J connectivity index is 1.96. The van der Waals surface area contributed by atoms with Crippen LogP contribution in [0.1, 0.15) is 35.8 Å². The Morgan fingerprint density at radius 1 is 1.38 bits per heavy atom. The number of aliphatic imine (C=N–C) groups is 1. The van der Waals surface area contributed by atoms with Crippen LogP contribution in [0.4, 0.5) is 0 Å². The zero-order chi connectivity index (χ0) is 11.3. The standard InChI is InChI=1S/C11H17N5/c1-6-10(7(2)15-14-6)9-5-13-11(12)16(9)8-3-4-8/h8-9H,3-5H2,1-2H3,(H2,12,13)(H,14,15). The topological polar surface area (TPSA) is 70.3 Å². The summed E-state index contributed by atoms with van der Waals surface area (Å²) in [7, 11) is 0. The van der Waals surface area contributed by atoms with Gasteiger partial charge in [-0.05, 0) is 26.7 Å². The Labute approximate surface area is 94.7 Å². The first-order valence-corrected chi connectivity index (χ1v) is 5.78. The van der Waals surface area contributed by atoms with Crippen LogP contribution in [-0.2, 0) is 0 Å². The molecule has 1 aliphatic carbocycles. The lowest BCUT2D eigenvalue weighted by Crippen LogP contribution is -2.38. The molecule has 3 rings (SSSR count). The van der Waals surface area contributed by atoms with E-state index in [1.807, 2.05) is 6.92 Å². The van der Waals surface area contributed by atoms with Crippen molar-refractivity contribution in [1.29, 1.82) is 0 Å². The second kappa shape index (κ2) is 3.23. The second-order valence-electron chi connectivity index (χ2n) is 4.70. The van der Waals surface area contributed by atoms with Crippen LogP contribution in [0.15, 0.2) is 4.99 Å². The number of guanidine groups is 1. The number of aryl methyl sites for hydroxylation is 2. The summed E-state index contributed by atoms with van der Waals surface area (Å²) in [5.41, 5.74) is 9.44. The lowest BCUT2D eigenvalue weighted by atomic mass is 10.0. The molecule has 0 radical (unpaired) electrons. The fourth-order valence-corrected chi connectivity index (χ4v) is 2.58. The minimum Gasteiger partial charge on any atom is -0.370 e. The SMILES string of the molecule is Cc1n[nH]c(C)c1C1CN=C(N)N1C1CC1. The van der Waals surface area contributed by atoms with E-state index in [0.717, 1.165) is 17.9 Å². The van der Waals surface area contributed by atoms with Gasteiger partial charge in [0, 0.05) is 17.3 Å².